The van der Waals surface area contributed by atoms with Gasteiger partial charge in [0, 0.05) is 50.0 Å². The molecule has 1 aliphatic heterocycles. The molecule has 1 fully saturated rings. The number of hydrogen-bond acceptors (Lipinski definition) is 3. The second kappa shape index (κ2) is 7.26. The molecule has 2 aliphatic rings. The zero-order chi connectivity index (χ0) is 19.1. The van der Waals surface area contributed by atoms with Crippen molar-refractivity contribution in [2.75, 3.05) is 18.5 Å². The number of imidazole rings is 1. The summed E-state index contributed by atoms with van der Waals surface area (Å²) in [6, 6.07) is 5.27. The fourth-order valence-electron chi connectivity index (χ4n) is 5.20. The van der Waals surface area contributed by atoms with Crippen LogP contribution in [0.3, 0.4) is 0 Å². The molecule has 1 aromatic carbocycles. The third-order valence-electron chi connectivity index (χ3n) is 6.61. The van der Waals surface area contributed by atoms with Gasteiger partial charge in [-0.25, -0.2) is 4.98 Å². The van der Waals surface area contributed by atoms with Gasteiger partial charge in [0.2, 0.25) is 0 Å². The number of fused-ring (bicyclic) bond motifs is 3. The smallest absolute Gasteiger partial charge is 0.111 e. The highest BCUT2D eigenvalue weighted by Gasteiger charge is 2.25. The molecule has 0 radical (unpaired) electrons. The van der Waals surface area contributed by atoms with Crippen LogP contribution in [0.1, 0.15) is 61.5 Å². The number of hydrogen-bond donors (Lipinski definition) is 0. The predicted octanol–water partition coefficient (Wildman–Crippen LogP) is 4.67. The molecule has 0 atom stereocenters. The standard InChI is InChI=1S/C23H31N5/c1-17-15-24-27(16-17)14-12-22-25-23-19-9-6-13-26(2)20(19)10-11-21(23)28(22)18-7-4-3-5-8-18/h10-11,15-16,18H,3-9,12-14H2,1-2H3. The Bertz CT molecular complexity index is 976. The van der Waals surface area contributed by atoms with Gasteiger partial charge in [0.15, 0.2) is 0 Å². The third-order valence-corrected chi connectivity index (χ3v) is 6.61. The molecule has 0 unspecified atom stereocenters. The Morgan fingerprint density at radius 3 is 2.75 bits per heavy atom. The van der Waals surface area contributed by atoms with Crippen molar-refractivity contribution in [1.29, 1.82) is 0 Å². The van der Waals surface area contributed by atoms with Crippen LogP contribution >= 0.6 is 0 Å². The Morgan fingerprint density at radius 1 is 1.11 bits per heavy atom. The Balaban J connectivity index is 1.57. The van der Waals surface area contributed by atoms with Crippen LogP contribution < -0.4 is 4.90 Å². The van der Waals surface area contributed by atoms with Crippen molar-refractivity contribution in [2.24, 2.45) is 0 Å². The fourth-order valence-corrected chi connectivity index (χ4v) is 5.20. The first-order valence-corrected chi connectivity index (χ1v) is 10.9. The first-order chi connectivity index (χ1) is 13.7. The molecule has 3 aromatic rings. The van der Waals surface area contributed by atoms with E-state index in [-0.39, 0.29) is 0 Å². The molecule has 0 saturated heterocycles. The van der Waals surface area contributed by atoms with Gasteiger partial charge in [-0.2, -0.15) is 5.10 Å². The molecule has 148 valence electrons. The third kappa shape index (κ3) is 3.11. The van der Waals surface area contributed by atoms with Gasteiger partial charge < -0.3 is 9.47 Å². The lowest BCUT2D eigenvalue weighted by Gasteiger charge is -2.28. The summed E-state index contributed by atoms with van der Waals surface area (Å²) in [7, 11) is 2.21. The van der Waals surface area contributed by atoms with Gasteiger partial charge in [-0.15, -0.1) is 0 Å². The van der Waals surface area contributed by atoms with Crippen LogP contribution in [0.2, 0.25) is 0 Å². The normalized spacial score (nSPS) is 18.0. The zero-order valence-corrected chi connectivity index (χ0v) is 17.2. The maximum atomic E-state index is 5.25. The van der Waals surface area contributed by atoms with Gasteiger partial charge >= 0.3 is 0 Å². The van der Waals surface area contributed by atoms with E-state index in [1.165, 1.54) is 72.2 Å². The molecule has 0 N–H and O–H groups in total. The van der Waals surface area contributed by atoms with E-state index in [1.54, 1.807) is 0 Å². The molecule has 1 saturated carbocycles. The van der Waals surface area contributed by atoms with E-state index in [0.29, 0.717) is 6.04 Å². The monoisotopic (exact) mass is 377 g/mol. The number of aromatic nitrogens is 4. The molecule has 0 amide bonds. The molecule has 3 heterocycles. The Labute approximate surface area is 167 Å². The van der Waals surface area contributed by atoms with E-state index >= 15 is 0 Å². The Morgan fingerprint density at radius 2 is 1.96 bits per heavy atom. The maximum Gasteiger partial charge on any atom is 0.111 e. The molecule has 1 aliphatic carbocycles. The van der Waals surface area contributed by atoms with Gasteiger partial charge in [-0.05, 0) is 50.3 Å². The van der Waals surface area contributed by atoms with E-state index in [4.69, 9.17) is 4.98 Å². The quantitative estimate of drug-likeness (QED) is 0.663. The van der Waals surface area contributed by atoms with Crippen LogP contribution in [-0.2, 0) is 19.4 Å². The van der Waals surface area contributed by atoms with Crippen molar-refractivity contribution in [3.8, 4) is 0 Å². The van der Waals surface area contributed by atoms with Crippen molar-refractivity contribution in [3.63, 3.8) is 0 Å². The number of aryl methyl sites for hydroxylation is 4. The average molecular weight is 378 g/mol. The summed E-state index contributed by atoms with van der Waals surface area (Å²) in [6.07, 6.45) is 14.0. The Kier molecular flexibility index (Phi) is 4.61. The number of anilines is 1. The van der Waals surface area contributed by atoms with Crippen molar-refractivity contribution in [1.82, 2.24) is 19.3 Å². The van der Waals surface area contributed by atoms with E-state index in [2.05, 4.69) is 51.5 Å². The van der Waals surface area contributed by atoms with Crippen molar-refractivity contribution < 1.29 is 0 Å². The summed E-state index contributed by atoms with van der Waals surface area (Å²) in [6.45, 7) is 4.14. The van der Waals surface area contributed by atoms with Gasteiger partial charge in [0.05, 0.1) is 17.2 Å². The molecule has 28 heavy (non-hydrogen) atoms. The molecule has 0 spiro atoms. The summed E-state index contributed by atoms with van der Waals surface area (Å²) in [5.74, 6) is 1.25. The zero-order valence-electron chi connectivity index (χ0n) is 17.2. The number of benzene rings is 1. The maximum absolute atomic E-state index is 5.25. The van der Waals surface area contributed by atoms with Crippen molar-refractivity contribution in [3.05, 3.63) is 41.5 Å². The van der Waals surface area contributed by atoms with E-state index in [9.17, 15) is 0 Å². The van der Waals surface area contributed by atoms with Crippen LogP contribution in [0.25, 0.3) is 11.0 Å². The second-order valence-electron chi connectivity index (χ2n) is 8.68. The summed E-state index contributed by atoms with van der Waals surface area (Å²) < 4.78 is 4.66. The predicted molar refractivity (Wildman–Crippen MR) is 114 cm³/mol. The van der Waals surface area contributed by atoms with Crippen molar-refractivity contribution >= 4 is 16.7 Å². The second-order valence-corrected chi connectivity index (χ2v) is 8.68. The molecular formula is C23H31N5. The number of rotatable bonds is 4. The average Bonchev–Trinajstić information content (AvgIpc) is 3.30. The lowest BCUT2D eigenvalue weighted by Crippen LogP contribution is -2.24. The largest absolute Gasteiger partial charge is 0.374 e. The lowest BCUT2D eigenvalue weighted by molar-refractivity contribution is 0.350. The van der Waals surface area contributed by atoms with Crippen LogP contribution in [-0.4, -0.2) is 32.9 Å². The molecular weight excluding hydrogens is 346 g/mol. The van der Waals surface area contributed by atoms with Crippen LogP contribution in [0.4, 0.5) is 5.69 Å². The summed E-state index contributed by atoms with van der Waals surface area (Å²) >= 11 is 0. The van der Waals surface area contributed by atoms with Gasteiger partial charge in [-0.3, -0.25) is 4.68 Å². The van der Waals surface area contributed by atoms with E-state index in [1.807, 2.05) is 6.20 Å². The molecule has 5 rings (SSSR count). The minimum absolute atomic E-state index is 0.604. The molecule has 2 aromatic heterocycles. The van der Waals surface area contributed by atoms with E-state index in [0.717, 1.165) is 25.9 Å². The lowest BCUT2D eigenvalue weighted by atomic mass is 9.94. The van der Waals surface area contributed by atoms with Gasteiger partial charge in [-0.1, -0.05) is 19.3 Å². The van der Waals surface area contributed by atoms with Crippen LogP contribution in [0.15, 0.2) is 24.5 Å². The summed E-state index contributed by atoms with van der Waals surface area (Å²) in [4.78, 5) is 7.65. The van der Waals surface area contributed by atoms with Gasteiger partial charge in [0.1, 0.15) is 5.82 Å². The molecule has 5 nitrogen and oxygen atoms in total. The van der Waals surface area contributed by atoms with Crippen molar-refractivity contribution in [2.45, 2.75) is 70.9 Å². The molecule has 0 bridgehead atoms. The topological polar surface area (TPSA) is 38.9 Å². The first kappa shape index (κ1) is 17.8. The first-order valence-electron chi connectivity index (χ1n) is 10.9. The SMILES string of the molecule is Cc1cnn(CCc2nc3c4c(ccc3n2C2CCCCC2)N(C)CCC4)c1. The van der Waals surface area contributed by atoms with E-state index < -0.39 is 0 Å². The highest BCUT2D eigenvalue weighted by atomic mass is 15.3. The Hall–Kier alpha value is -2.30. The summed E-state index contributed by atoms with van der Waals surface area (Å²) in [5, 5.41) is 4.48. The fraction of sp³-hybridized carbons (Fsp3) is 0.565. The van der Waals surface area contributed by atoms with Crippen LogP contribution in [0, 0.1) is 6.92 Å². The minimum Gasteiger partial charge on any atom is -0.374 e. The highest BCUT2D eigenvalue weighted by Crippen LogP contribution is 2.37. The van der Waals surface area contributed by atoms with Crippen LogP contribution in [0.5, 0.6) is 0 Å². The number of nitrogens with zero attached hydrogens (tertiary/aromatic N) is 5. The molecule has 5 heteroatoms. The highest BCUT2D eigenvalue weighted by molar-refractivity contribution is 5.86. The minimum atomic E-state index is 0.604. The van der Waals surface area contributed by atoms with Gasteiger partial charge in [0.25, 0.3) is 0 Å². The summed E-state index contributed by atoms with van der Waals surface area (Å²) in [5.41, 5.74) is 6.66.